The zero-order valence-electron chi connectivity index (χ0n) is 41.2. The second-order valence-electron chi connectivity index (χ2n) is 19.0. The van der Waals surface area contributed by atoms with Gasteiger partial charge >= 0.3 is 0 Å². The first kappa shape index (κ1) is 44.4. The van der Waals surface area contributed by atoms with Gasteiger partial charge in [-0.3, -0.25) is 9.13 Å². The van der Waals surface area contributed by atoms with E-state index in [4.69, 9.17) is 19.9 Å². The first-order valence-corrected chi connectivity index (χ1v) is 25.6. The van der Waals surface area contributed by atoms with Crippen LogP contribution in [0, 0.1) is 0 Å². The molecule has 11 aromatic carbocycles. The Balaban J connectivity index is 0.835. The molecule has 0 fully saturated rings. The molecule has 0 unspecified atom stereocenters. The molecule has 14 aromatic rings. The summed E-state index contributed by atoms with van der Waals surface area (Å²) in [6, 6.07) is 98.0. The van der Waals surface area contributed by atoms with Crippen LogP contribution in [0.15, 0.2) is 279 Å². The van der Waals surface area contributed by atoms with Gasteiger partial charge < -0.3 is 0 Å². The van der Waals surface area contributed by atoms with Crippen LogP contribution in [0.3, 0.4) is 0 Å². The van der Waals surface area contributed by atoms with Crippen LogP contribution in [0.5, 0.6) is 0 Å². The third-order valence-corrected chi connectivity index (χ3v) is 14.4. The van der Waals surface area contributed by atoms with E-state index >= 15 is 0 Å². The van der Waals surface area contributed by atoms with Gasteiger partial charge in [-0.15, -0.1) is 0 Å². The number of para-hydroxylation sites is 6. The van der Waals surface area contributed by atoms with Crippen molar-refractivity contribution in [3.8, 4) is 101 Å². The van der Waals surface area contributed by atoms with Gasteiger partial charge in [0, 0.05) is 33.6 Å². The topological polar surface area (TPSA) is 61.4 Å². The predicted octanol–water partition coefficient (Wildman–Crippen LogP) is 17.6. The van der Waals surface area contributed by atoms with E-state index in [0.717, 1.165) is 134 Å². The van der Waals surface area contributed by atoms with Gasteiger partial charge in [0.2, 0.25) is 0 Å². The summed E-state index contributed by atoms with van der Waals surface area (Å²) in [5, 5.41) is 0. The van der Waals surface area contributed by atoms with Gasteiger partial charge in [0.25, 0.3) is 0 Å². The third-order valence-electron chi connectivity index (χ3n) is 14.4. The molecule has 0 N–H and O–H groups in total. The molecule has 6 heteroatoms. The van der Waals surface area contributed by atoms with Crippen LogP contribution in [0.25, 0.3) is 134 Å². The highest BCUT2D eigenvalue weighted by molar-refractivity contribution is 5.96. The highest BCUT2D eigenvalue weighted by Gasteiger charge is 2.20. The molecule has 0 saturated heterocycles. The molecule has 0 aliphatic rings. The Bertz CT molecular complexity index is 4090. The fourth-order valence-electron chi connectivity index (χ4n) is 10.6. The lowest BCUT2D eigenvalue weighted by Crippen LogP contribution is -1.98. The van der Waals surface area contributed by atoms with Gasteiger partial charge in [-0.05, 0) is 105 Å². The molecule has 3 heterocycles. The molecule has 0 saturated carbocycles. The number of nitrogens with zero attached hydrogens (tertiary/aromatic N) is 6. The van der Waals surface area contributed by atoms with Crippen LogP contribution < -0.4 is 0 Å². The SMILES string of the molecule is c1ccc(-c2cc3nc(-c4ccc(-c5ccc(-c6nc7ccccc7n6-c6ccccc6)cc5)cc4)c(-c4ccc(-c5ccc(-c6nc7ccccc7n6-c6ccccc6)cc5)cc4)nc3cc2-c2ccccc2)cc1. The van der Waals surface area contributed by atoms with E-state index in [2.05, 4.69) is 264 Å². The minimum absolute atomic E-state index is 0.819. The monoisotopic (exact) mass is 970 g/mol. The Morgan fingerprint density at radius 1 is 0.211 bits per heavy atom. The summed E-state index contributed by atoms with van der Waals surface area (Å²) < 4.78 is 4.48. The second-order valence-corrected chi connectivity index (χ2v) is 19.0. The highest BCUT2D eigenvalue weighted by atomic mass is 15.1. The number of rotatable bonds is 10. The maximum atomic E-state index is 5.53. The van der Waals surface area contributed by atoms with Crippen molar-refractivity contribution in [3.05, 3.63) is 279 Å². The number of benzene rings is 11. The number of aromatic nitrogens is 6. The molecule has 356 valence electrons. The van der Waals surface area contributed by atoms with Crippen molar-refractivity contribution >= 4 is 33.1 Å². The van der Waals surface area contributed by atoms with Gasteiger partial charge in [-0.2, -0.15) is 0 Å². The lowest BCUT2D eigenvalue weighted by Gasteiger charge is -2.16. The van der Waals surface area contributed by atoms with Gasteiger partial charge in [0.05, 0.1) is 44.5 Å². The Morgan fingerprint density at radius 3 is 0.855 bits per heavy atom. The number of hydrogen-bond donors (Lipinski definition) is 0. The molecule has 0 radical (unpaired) electrons. The zero-order valence-corrected chi connectivity index (χ0v) is 41.2. The first-order valence-electron chi connectivity index (χ1n) is 25.6. The van der Waals surface area contributed by atoms with E-state index < -0.39 is 0 Å². The lowest BCUT2D eigenvalue weighted by atomic mass is 9.93. The molecular formula is C70H46N6. The minimum Gasteiger partial charge on any atom is -0.292 e. The summed E-state index contributed by atoms with van der Waals surface area (Å²) in [5.41, 5.74) is 22.5. The quantitative estimate of drug-likeness (QED) is 0.137. The summed E-state index contributed by atoms with van der Waals surface area (Å²) in [6.07, 6.45) is 0. The van der Waals surface area contributed by atoms with Crippen LogP contribution in [-0.4, -0.2) is 29.1 Å². The average molecular weight is 971 g/mol. The van der Waals surface area contributed by atoms with Gasteiger partial charge in [-0.1, -0.05) is 218 Å². The number of fused-ring (bicyclic) bond motifs is 3. The second kappa shape index (κ2) is 19.0. The van der Waals surface area contributed by atoms with Gasteiger partial charge in [-0.25, -0.2) is 19.9 Å². The molecule has 6 nitrogen and oxygen atoms in total. The molecule has 14 rings (SSSR count). The van der Waals surface area contributed by atoms with E-state index in [0.29, 0.717) is 0 Å². The van der Waals surface area contributed by atoms with E-state index in [1.54, 1.807) is 0 Å². The Kier molecular flexibility index (Phi) is 11.1. The normalized spacial score (nSPS) is 11.4. The van der Waals surface area contributed by atoms with Crippen LogP contribution in [-0.2, 0) is 0 Å². The summed E-state index contributed by atoms with van der Waals surface area (Å²) >= 11 is 0. The highest BCUT2D eigenvalue weighted by Crippen LogP contribution is 2.40. The van der Waals surface area contributed by atoms with Crippen molar-refractivity contribution in [3.63, 3.8) is 0 Å². The van der Waals surface area contributed by atoms with E-state index in [1.807, 2.05) is 24.3 Å². The summed E-state index contributed by atoms with van der Waals surface area (Å²) in [6.45, 7) is 0. The largest absolute Gasteiger partial charge is 0.292 e. The smallest absolute Gasteiger partial charge is 0.145 e. The van der Waals surface area contributed by atoms with Crippen molar-refractivity contribution in [2.45, 2.75) is 0 Å². The van der Waals surface area contributed by atoms with E-state index in [9.17, 15) is 0 Å². The first-order chi connectivity index (χ1) is 37.7. The van der Waals surface area contributed by atoms with E-state index in [-0.39, 0.29) is 0 Å². The maximum absolute atomic E-state index is 5.53. The van der Waals surface area contributed by atoms with Crippen molar-refractivity contribution < 1.29 is 0 Å². The lowest BCUT2D eigenvalue weighted by molar-refractivity contribution is 1.10. The molecule has 0 atom stereocenters. The molecule has 0 aliphatic heterocycles. The van der Waals surface area contributed by atoms with Crippen LogP contribution in [0.2, 0.25) is 0 Å². The minimum atomic E-state index is 0.819. The summed E-state index contributed by atoms with van der Waals surface area (Å²) in [7, 11) is 0. The zero-order chi connectivity index (χ0) is 50.4. The Morgan fingerprint density at radius 2 is 0.500 bits per heavy atom. The molecule has 3 aromatic heterocycles. The van der Waals surface area contributed by atoms with Crippen LogP contribution in [0.4, 0.5) is 0 Å². The van der Waals surface area contributed by atoms with Crippen molar-refractivity contribution in [1.29, 1.82) is 0 Å². The Hall–Kier alpha value is -10.3. The number of hydrogen-bond acceptors (Lipinski definition) is 4. The Labute approximate surface area is 440 Å². The maximum Gasteiger partial charge on any atom is 0.145 e. The molecule has 0 spiro atoms. The summed E-state index contributed by atoms with van der Waals surface area (Å²) in [5.74, 6) is 1.82. The molecule has 0 aliphatic carbocycles. The predicted molar refractivity (Wildman–Crippen MR) is 312 cm³/mol. The van der Waals surface area contributed by atoms with E-state index in [1.165, 1.54) is 0 Å². The summed E-state index contributed by atoms with van der Waals surface area (Å²) in [4.78, 5) is 21.3. The molecule has 0 bridgehead atoms. The van der Waals surface area contributed by atoms with Gasteiger partial charge in [0.1, 0.15) is 11.6 Å². The fraction of sp³-hybridized carbons (Fsp3) is 0. The molecular weight excluding hydrogens is 925 g/mol. The average Bonchev–Trinajstić information content (AvgIpc) is 4.12. The molecule has 76 heavy (non-hydrogen) atoms. The number of imidazole rings is 2. The van der Waals surface area contributed by atoms with Crippen LogP contribution >= 0.6 is 0 Å². The van der Waals surface area contributed by atoms with Crippen molar-refractivity contribution in [1.82, 2.24) is 29.1 Å². The van der Waals surface area contributed by atoms with Crippen molar-refractivity contribution in [2.24, 2.45) is 0 Å². The third kappa shape index (κ3) is 8.11. The van der Waals surface area contributed by atoms with Crippen molar-refractivity contribution in [2.75, 3.05) is 0 Å². The molecule has 0 amide bonds. The van der Waals surface area contributed by atoms with Crippen LogP contribution in [0.1, 0.15) is 0 Å². The fourth-order valence-corrected chi connectivity index (χ4v) is 10.6. The van der Waals surface area contributed by atoms with Gasteiger partial charge in [0.15, 0.2) is 0 Å². The standard InChI is InChI=1S/C70H46N6/c1-5-17-51(18-6-1)59-45-63-64(46-60(59)52-19-7-2-8-20-52)72-68(54-39-31-48(32-40-54)50-35-43-56(44-36-50)70-74-62-26-14-16-28-66(62)76(70)58-23-11-4-12-24-58)67(71-63)53-37-29-47(30-38-53)49-33-41-55(42-34-49)69-73-61-25-13-15-27-65(61)75(69)57-21-9-3-10-22-57/h1-46H.